The minimum absolute atomic E-state index is 0.102. The molecule has 1 aromatic heterocycles. The summed E-state index contributed by atoms with van der Waals surface area (Å²) in [5.74, 6) is 0.578. The summed E-state index contributed by atoms with van der Waals surface area (Å²) in [6, 6.07) is 0. The van der Waals surface area contributed by atoms with Gasteiger partial charge in [-0.15, -0.1) is 0 Å². The predicted molar refractivity (Wildman–Crippen MR) is 80.7 cm³/mol. The van der Waals surface area contributed by atoms with E-state index in [1.807, 2.05) is 4.90 Å². The molecule has 3 heterocycles. The van der Waals surface area contributed by atoms with Crippen molar-refractivity contribution >= 4 is 17.3 Å². The third kappa shape index (κ3) is 3.49. The smallest absolute Gasteiger partial charge is 0.353 e. The lowest BCUT2D eigenvalue weighted by Gasteiger charge is -2.28. The number of likely N-dealkylation sites (N-methyl/N-ethyl adjacent to an activating group) is 1. The molecular weight excluding hydrogens is 306 g/mol. The topological polar surface area (TPSA) is 103 Å². The van der Waals surface area contributed by atoms with Gasteiger partial charge in [-0.05, 0) is 0 Å². The Morgan fingerprint density at radius 2 is 2.00 bits per heavy atom. The van der Waals surface area contributed by atoms with Gasteiger partial charge in [0.05, 0.1) is 37.9 Å². The Hall–Kier alpha value is -2.04. The maximum atomic E-state index is 11.6. The average Bonchev–Trinajstić information content (AvgIpc) is 3.07. The summed E-state index contributed by atoms with van der Waals surface area (Å²) in [4.78, 5) is 22.9. The number of nitro groups is 1. The van der Waals surface area contributed by atoms with E-state index in [2.05, 4.69) is 9.97 Å². The number of ether oxygens (including phenoxy) is 3. The monoisotopic (exact) mass is 325 g/mol. The number of nitrogens with zero attached hydrogens (tertiary/aromatic N) is 5. The molecule has 0 spiro atoms. The van der Waals surface area contributed by atoms with Gasteiger partial charge in [-0.2, -0.15) is 0 Å². The fourth-order valence-corrected chi connectivity index (χ4v) is 2.63. The van der Waals surface area contributed by atoms with Crippen LogP contribution in [0.15, 0.2) is 6.33 Å². The summed E-state index contributed by atoms with van der Waals surface area (Å²) in [6.45, 7) is 3.60. The molecule has 2 saturated heterocycles. The average molecular weight is 325 g/mol. The van der Waals surface area contributed by atoms with Crippen molar-refractivity contribution in [3.05, 3.63) is 16.4 Å². The van der Waals surface area contributed by atoms with Crippen molar-refractivity contribution < 1.29 is 19.1 Å². The highest BCUT2D eigenvalue weighted by atomic mass is 16.7. The van der Waals surface area contributed by atoms with Crippen molar-refractivity contribution in [1.82, 2.24) is 9.97 Å². The SMILES string of the molecule is CN(CC1OCCO1)c1ncnc(N2CCOCC2)c1[N+](=O)[O-]. The maximum absolute atomic E-state index is 11.6. The Balaban J connectivity index is 1.87. The second-order valence-corrected chi connectivity index (χ2v) is 5.28. The van der Waals surface area contributed by atoms with E-state index in [0.717, 1.165) is 0 Å². The number of rotatable bonds is 5. The van der Waals surface area contributed by atoms with E-state index >= 15 is 0 Å². The van der Waals surface area contributed by atoms with Crippen LogP contribution in [0.2, 0.25) is 0 Å². The first kappa shape index (κ1) is 15.8. The van der Waals surface area contributed by atoms with Crippen LogP contribution in [-0.2, 0) is 14.2 Å². The largest absolute Gasteiger partial charge is 0.378 e. The first-order valence-electron chi connectivity index (χ1n) is 7.43. The normalized spacial score (nSPS) is 19.1. The van der Waals surface area contributed by atoms with Crippen molar-refractivity contribution in [2.75, 3.05) is 62.9 Å². The molecule has 0 saturated carbocycles. The number of hydrogen-bond acceptors (Lipinski definition) is 9. The van der Waals surface area contributed by atoms with E-state index in [0.29, 0.717) is 51.9 Å². The van der Waals surface area contributed by atoms with E-state index in [-0.39, 0.29) is 11.5 Å². The Morgan fingerprint density at radius 1 is 1.30 bits per heavy atom. The van der Waals surface area contributed by atoms with Gasteiger partial charge in [0, 0.05) is 20.1 Å². The molecule has 0 aromatic carbocycles. The van der Waals surface area contributed by atoms with Crippen LogP contribution in [0.1, 0.15) is 0 Å². The van der Waals surface area contributed by atoms with E-state index in [1.54, 1.807) is 11.9 Å². The van der Waals surface area contributed by atoms with E-state index in [9.17, 15) is 10.1 Å². The molecule has 23 heavy (non-hydrogen) atoms. The molecule has 3 rings (SSSR count). The Kier molecular flexibility index (Phi) is 4.84. The van der Waals surface area contributed by atoms with Gasteiger partial charge in [-0.25, -0.2) is 9.97 Å². The molecule has 2 aliphatic heterocycles. The molecule has 0 radical (unpaired) electrons. The zero-order chi connectivity index (χ0) is 16.2. The third-order valence-electron chi connectivity index (χ3n) is 3.75. The molecule has 0 aliphatic carbocycles. The molecule has 0 unspecified atom stereocenters. The highest BCUT2D eigenvalue weighted by molar-refractivity contribution is 5.71. The summed E-state index contributed by atoms with van der Waals surface area (Å²) in [7, 11) is 1.73. The number of hydrogen-bond donors (Lipinski definition) is 0. The molecule has 2 aliphatic rings. The van der Waals surface area contributed by atoms with Crippen molar-refractivity contribution in [2.24, 2.45) is 0 Å². The zero-order valence-corrected chi connectivity index (χ0v) is 12.9. The first-order chi connectivity index (χ1) is 11.2. The molecule has 0 amide bonds. The van der Waals surface area contributed by atoms with Crippen LogP contribution in [0.4, 0.5) is 17.3 Å². The van der Waals surface area contributed by atoms with Gasteiger partial charge < -0.3 is 24.0 Å². The second-order valence-electron chi connectivity index (χ2n) is 5.28. The molecular formula is C13H19N5O5. The zero-order valence-electron chi connectivity index (χ0n) is 12.9. The van der Waals surface area contributed by atoms with Gasteiger partial charge in [-0.1, -0.05) is 0 Å². The van der Waals surface area contributed by atoms with Crippen LogP contribution in [0.3, 0.4) is 0 Å². The quantitative estimate of drug-likeness (QED) is 0.548. The van der Waals surface area contributed by atoms with Crippen LogP contribution < -0.4 is 9.80 Å². The van der Waals surface area contributed by atoms with Crippen LogP contribution in [0.5, 0.6) is 0 Å². The first-order valence-corrected chi connectivity index (χ1v) is 7.43. The van der Waals surface area contributed by atoms with Crippen LogP contribution in [-0.4, -0.2) is 74.3 Å². The number of aromatic nitrogens is 2. The Bertz CT molecular complexity index is 560. The Labute approximate surface area is 133 Å². The number of anilines is 2. The molecule has 1 aromatic rings. The van der Waals surface area contributed by atoms with Crippen molar-refractivity contribution in [1.29, 1.82) is 0 Å². The summed E-state index contributed by atoms with van der Waals surface area (Å²) < 4.78 is 16.1. The number of morpholine rings is 1. The van der Waals surface area contributed by atoms with E-state index in [1.165, 1.54) is 6.33 Å². The lowest BCUT2D eigenvalue weighted by molar-refractivity contribution is -0.383. The molecule has 126 valence electrons. The molecule has 0 bridgehead atoms. The van der Waals surface area contributed by atoms with Gasteiger partial charge in [-0.3, -0.25) is 10.1 Å². The highest BCUT2D eigenvalue weighted by Crippen LogP contribution is 2.34. The van der Waals surface area contributed by atoms with Gasteiger partial charge in [0.25, 0.3) is 0 Å². The van der Waals surface area contributed by atoms with Gasteiger partial charge in [0.2, 0.25) is 11.6 Å². The van der Waals surface area contributed by atoms with Crippen molar-refractivity contribution in [3.63, 3.8) is 0 Å². The lowest BCUT2D eigenvalue weighted by Crippen LogP contribution is -2.38. The van der Waals surface area contributed by atoms with E-state index in [4.69, 9.17) is 14.2 Å². The second kappa shape index (κ2) is 7.02. The maximum Gasteiger partial charge on any atom is 0.353 e. The lowest BCUT2D eigenvalue weighted by atomic mass is 10.3. The van der Waals surface area contributed by atoms with Crippen molar-refractivity contribution in [2.45, 2.75) is 6.29 Å². The molecule has 2 fully saturated rings. The summed E-state index contributed by atoms with van der Waals surface area (Å²) in [5.41, 5.74) is -0.102. The molecule has 0 N–H and O–H groups in total. The highest BCUT2D eigenvalue weighted by Gasteiger charge is 2.31. The fourth-order valence-electron chi connectivity index (χ4n) is 2.63. The molecule has 10 heteroatoms. The predicted octanol–water partition coefficient (Wildman–Crippen LogP) is 0.0305. The van der Waals surface area contributed by atoms with Crippen LogP contribution in [0, 0.1) is 10.1 Å². The summed E-state index contributed by atoms with van der Waals surface area (Å²) in [6.07, 6.45) is 0.946. The minimum atomic E-state index is -0.438. The van der Waals surface area contributed by atoms with Gasteiger partial charge >= 0.3 is 5.69 Å². The van der Waals surface area contributed by atoms with Gasteiger partial charge in [0.15, 0.2) is 6.29 Å². The van der Waals surface area contributed by atoms with Crippen LogP contribution in [0.25, 0.3) is 0 Å². The molecule has 10 nitrogen and oxygen atoms in total. The third-order valence-corrected chi connectivity index (χ3v) is 3.75. The van der Waals surface area contributed by atoms with Crippen molar-refractivity contribution in [3.8, 4) is 0 Å². The molecule has 0 atom stereocenters. The van der Waals surface area contributed by atoms with E-state index < -0.39 is 11.2 Å². The Morgan fingerprint density at radius 3 is 2.65 bits per heavy atom. The van der Waals surface area contributed by atoms with Crippen LogP contribution >= 0.6 is 0 Å². The fraction of sp³-hybridized carbons (Fsp3) is 0.692. The standard InChI is InChI=1S/C13H19N5O5/c1-16(8-10-22-6-7-23-10)12-11(18(19)20)13(15-9-14-12)17-2-4-21-5-3-17/h9-10H,2-8H2,1H3. The summed E-state index contributed by atoms with van der Waals surface area (Å²) >= 11 is 0. The van der Waals surface area contributed by atoms with Gasteiger partial charge in [0.1, 0.15) is 6.33 Å². The summed E-state index contributed by atoms with van der Waals surface area (Å²) in [5, 5.41) is 11.6. The minimum Gasteiger partial charge on any atom is -0.378 e.